The number of carbonyl (C=O) groups is 2. The van der Waals surface area contributed by atoms with Gasteiger partial charge < -0.3 is 9.32 Å². The summed E-state index contributed by atoms with van der Waals surface area (Å²) in [7, 11) is 0. The van der Waals surface area contributed by atoms with Crippen molar-refractivity contribution in [2.75, 3.05) is 13.1 Å². The van der Waals surface area contributed by atoms with Crippen molar-refractivity contribution in [1.29, 1.82) is 0 Å². The first kappa shape index (κ1) is 16.6. The lowest BCUT2D eigenvalue weighted by molar-refractivity contribution is -0.138. The fraction of sp³-hybridized carbons (Fsp3) is 0.333. The Kier molecular flexibility index (Phi) is 4.37. The summed E-state index contributed by atoms with van der Waals surface area (Å²) in [6, 6.07) is 13.0. The van der Waals surface area contributed by atoms with E-state index in [2.05, 4.69) is 11.8 Å². The largest absolute Gasteiger partial charge is 0.467 e. The average Bonchev–Trinajstić information content (AvgIpc) is 3.25. The highest BCUT2D eigenvalue weighted by atomic mass is 16.3. The first-order chi connectivity index (χ1) is 12.6. The van der Waals surface area contributed by atoms with Gasteiger partial charge in [-0.2, -0.15) is 0 Å². The lowest BCUT2D eigenvalue weighted by atomic mass is 9.97. The van der Waals surface area contributed by atoms with Crippen LogP contribution >= 0.6 is 0 Å². The Bertz CT molecular complexity index is 831. The minimum absolute atomic E-state index is 0.161. The molecule has 5 nitrogen and oxygen atoms in total. The molecular weight excluding hydrogens is 328 g/mol. The fourth-order valence-corrected chi connectivity index (χ4v) is 3.66. The zero-order valence-electron chi connectivity index (χ0n) is 14.9. The third-order valence-electron chi connectivity index (χ3n) is 5.20. The quantitative estimate of drug-likeness (QED) is 0.794. The summed E-state index contributed by atoms with van der Waals surface area (Å²) in [6.07, 6.45) is 3.62. The third-order valence-corrected chi connectivity index (χ3v) is 5.20. The fourth-order valence-electron chi connectivity index (χ4n) is 3.66. The predicted octanol–water partition coefficient (Wildman–Crippen LogP) is 3.29. The number of hydrogen-bond donors (Lipinski definition) is 0. The number of furan rings is 1. The van der Waals surface area contributed by atoms with E-state index >= 15 is 0 Å². The zero-order chi connectivity index (χ0) is 18.1. The number of rotatable bonds is 4. The van der Waals surface area contributed by atoms with Crippen molar-refractivity contribution in [3.63, 3.8) is 0 Å². The number of likely N-dealkylation sites (tertiary alicyclic amines) is 1. The maximum atomic E-state index is 13.2. The molecule has 1 aromatic carbocycles. The van der Waals surface area contributed by atoms with Crippen molar-refractivity contribution in [3.05, 3.63) is 65.7 Å². The van der Waals surface area contributed by atoms with E-state index in [1.807, 2.05) is 30.3 Å². The molecule has 0 unspecified atom stereocenters. The number of hydrogen-bond acceptors (Lipinski definition) is 4. The molecule has 4 rings (SSSR count). The molecule has 1 aromatic heterocycles. The first-order valence-corrected chi connectivity index (χ1v) is 9.08. The van der Waals surface area contributed by atoms with Crippen LogP contribution in [0.1, 0.15) is 31.1 Å². The molecule has 3 heterocycles. The molecule has 0 N–H and O–H groups in total. The highest BCUT2D eigenvalue weighted by molar-refractivity contribution is 6.35. The second-order valence-corrected chi connectivity index (χ2v) is 7.04. The molecule has 0 aliphatic carbocycles. The summed E-state index contributed by atoms with van der Waals surface area (Å²) < 4.78 is 5.35. The number of nitrogens with zero attached hydrogens (tertiary/aromatic N) is 2. The number of amides is 2. The Labute approximate surface area is 152 Å². The van der Waals surface area contributed by atoms with Crippen molar-refractivity contribution >= 4 is 17.4 Å². The van der Waals surface area contributed by atoms with Gasteiger partial charge in [-0.15, -0.1) is 0 Å². The minimum Gasteiger partial charge on any atom is -0.467 e. The summed E-state index contributed by atoms with van der Waals surface area (Å²) in [6.45, 7) is 4.00. The molecule has 2 aromatic rings. The van der Waals surface area contributed by atoms with Crippen LogP contribution in [0.5, 0.6) is 0 Å². The Morgan fingerprint density at radius 2 is 1.73 bits per heavy atom. The molecule has 0 bridgehead atoms. The van der Waals surface area contributed by atoms with Gasteiger partial charge in [-0.1, -0.05) is 37.3 Å². The normalized spacial score (nSPS) is 19.0. The number of benzene rings is 1. The van der Waals surface area contributed by atoms with Crippen LogP contribution in [0.15, 0.2) is 58.8 Å². The maximum absolute atomic E-state index is 13.2. The molecule has 2 aliphatic heterocycles. The van der Waals surface area contributed by atoms with Gasteiger partial charge in [0, 0.05) is 13.1 Å². The van der Waals surface area contributed by atoms with Crippen molar-refractivity contribution in [3.8, 4) is 0 Å². The molecule has 0 saturated carbocycles. The monoisotopic (exact) mass is 350 g/mol. The summed E-state index contributed by atoms with van der Waals surface area (Å²) in [5.41, 5.74) is 1.85. The Morgan fingerprint density at radius 1 is 1.00 bits per heavy atom. The van der Waals surface area contributed by atoms with Crippen LogP contribution in [0, 0.1) is 5.92 Å². The van der Waals surface area contributed by atoms with Gasteiger partial charge in [0.25, 0.3) is 11.8 Å². The molecule has 5 heteroatoms. The van der Waals surface area contributed by atoms with Gasteiger partial charge in [-0.05, 0) is 36.5 Å². The van der Waals surface area contributed by atoms with Crippen molar-refractivity contribution in [2.24, 2.45) is 5.92 Å². The molecule has 0 spiro atoms. The van der Waals surface area contributed by atoms with E-state index in [1.54, 1.807) is 18.4 Å². The van der Waals surface area contributed by atoms with Gasteiger partial charge in [0.1, 0.15) is 11.5 Å². The van der Waals surface area contributed by atoms with Gasteiger partial charge in [0.05, 0.1) is 18.4 Å². The third kappa shape index (κ3) is 2.94. The van der Waals surface area contributed by atoms with Crippen LogP contribution in [0.3, 0.4) is 0 Å². The van der Waals surface area contributed by atoms with E-state index < -0.39 is 0 Å². The Morgan fingerprint density at radius 3 is 2.38 bits per heavy atom. The summed E-state index contributed by atoms with van der Waals surface area (Å²) >= 11 is 0. The van der Waals surface area contributed by atoms with Crippen LogP contribution in [0.4, 0.5) is 0 Å². The minimum atomic E-state index is -0.244. The van der Waals surface area contributed by atoms with Gasteiger partial charge in [0.2, 0.25) is 0 Å². The van der Waals surface area contributed by atoms with Crippen LogP contribution < -0.4 is 0 Å². The molecule has 1 fully saturated rings. The SMILES string of the molecule is CC1CCN(C2=C(c3ccccc3)C(=O)N(Cc3ccco3)C2=O)CC1. The molecule has 1 saturated heterocycles. The Hall–Kier alpha value is -2.82. The van der Waals surface area contributed by atoms with Gasteiger partial charge in [-0.25, -0.2) is 0 Å². The number of piperidine rings is 1. The first-order valence-electron chi connectivity index (χ1n) is 9.08. The molecular formula is C21H22N2O3. The van der Waals surface area contributed by atoms with Gasteiger partial charge in [-0.3, -0.25) is 14.5 Å². The lowest BCUT2D eigenvalue weighted by Gasteiger charge is -2.32. The molecule has 2 aliphatic rings. The zero-order valence-corrected chi connectivity index (χ0v) is 14.9. The van der Waals surface area contributed by atoms with Crippen molar-refractivity contribution < 1.29 is 14.0 Å². The van der Waals surface area contributed by atoms with Crippen LogP contribution in [-0.2, 0) is 16.1 Å². The van der Waals surface area contributed by atoms with Crippen molar-refractivity contribution in [2.45, 2.75) is 26.3 Å². The van der Waals surface area contributed by atoms with Crippen LogP contribution in [0.25, 0.3) is 5.57 Å². The van der Waals surface area contributed by atoms with Gasteiger partial charge >= 0.3 is 0 Å². The topological polar surface area (TPSA) is 53.8 Å². The van der Waals surface area contributed by atoms with E-state index in [1.165, 1.54) is 4.90 Å². The predicted molar refractivity (Wildman–Crippen MR) is 97.6 cm³/mol. The highest BCUT2D eigenvalue weighted by Crippen LogP contribution is 2.34. The van der Waals surface area contributed by atoms with E-state index in [4.69, 9.17) is 4.42 Å². The summed E-state index contributed by atoms with van der Waals surface area (Å²) in [4.78, 5) is 29.7. The number of carbonyl (C=O) groups excluding carboxylic acids is 2. The van der Waals surface area contributed by atoms with E-state index in [0.717, 1.165) is 31.5 Å². The highest BCUT2D eigenvalue weighted by Gasteiger charge is 2.42. The van der Waals surface area contributed by atoms with Gasteiger partial charge in [0.15, 0.2) is 0 Å². The average molecular weight is 350 g/mol. The number of imide groups is 1. The standard InChI is InChI=1S/C21H22N2O3/c1-15-9-11-22(12-10-15)19-18(16-6-3-2-4-7-16)20(24)23(21(19)25)14-17-8-5-13-26-17/h2-8,13,15H,9-12,14H2,1H3. The van der Waals surface area contributed by atoms with E-state index in [0.29, 0.717) is 22.9 Å². The van der Waals surface area contributed by atoms with Crippen LogP contribution in [-0.4, -0.2) is 34.7 Å². The summed E-state index contributed by atoms with van der Waals surface area (Å²) in [5, 5.41) is 0. The van der Waals surface area contributed by atoms with E-state index in [-0.39, 0.29) is 18.4 Å². The molecule has 0 atom stereocenters. The molecule has 0 radical (unpaired) electrons. The molecule has 26 heavy (non-hydrogen) atoms. The molecule has 134 valence electrons. The second-order valence-electron chi connectivity index (χ2n) is 7.04. The van der Waals surface area contributed by atoms with Crippen molar-refractivity contribution in [1.82, 2.24) is 9.80 Å². The lowest BCUT2D eigenvalue weighted by Crippen LogP contribution is -2.38. The molecule has 2 amide bonds. The Balaban J connectivity index is 1.72. The van der Waals surface area contributed by atoms with Crippen LogP contribution in [0.2, 0.25) is 0 Å². The summed E-state index contributed by atoms with van der Waals surface area (Å²) in [5.74, 6) is 0.789. The second kappa shape index (κ2) is 6.83. The van der Waals surface area contributed by atoms with E-state index in [9.17, 15) is 9.59 Å². The smallest absolute Gasteiger partial charge is 0.278 e. The maximum Gasteiger partial charge on any atom is 0.278 e.